The molecule has 2 unspecified atom stereocenters. The molecule has 3 fully saturated rings. The van der Waals surface area contributed by atoms with Crippen molar-refractivity contribution in [2.75, 3.05) is 36.8 Å². The van der Waals surface area contributed by atoms with E-state index in [9.17, 15) is 4.79 Å². The van der Waals surface area contributed by atoms with Crippen LogP contribution in [0.1, 0.15) is 19.3 Å². The lowest BCUT2D eigenvalue weighted by molar-refractivity contribution is -0.136. The van der Waals surface area contributed by atoms with Gasteiger partial charge < -0.3 is 15.5 Å². The van der Waals surface area contributed by atoms with Gasteiger partial charge in [0.2, 0.25) is 5.91 Å². The third-order valence-corrected chi connectivity index (χ3v) is 5.46. The van der Waals surface area contributed by atoms with Crippen LogP contribution in [0.15, 0.2) is 24.3 Å². The molecule has 1 amide bonds. The summed E-state index contributed by atoms with van der Waals surface area (Å²) < 4.78 is 0. The minimum atomic E-state index is 0.321. The number of nitrogens with two attached hydrogens (primary N) is 1. The minimum Gasteiger partial charge on any atom is -0.397 e. The Bertz CT molecular complexity index is 541. The van der Waals surface area contributed by atoms with Crippen molar-refractivity contribution in [1.82, 2.24) is 4.90 Å². The van der Waals surface area contributed by atoms with Crippen LogP contribution < -0.4 is 10.6 Å². The minimum absolute atomic E-state index is 0.321. The number of carbonyl (C=O) groups is 1. The van der Waals surface area contributed by atoms with E-state index in [0.29, 0.717) is 11.8 Å². The molecule has 2 saturated carbocycles. The summed E-state index contributed by atoms with van der Waals surface area (Å²) >= 11 is 0. The summed E-state index contributed by atoms with van der Waals surface area (Å²) in [5.41, 5.74) is 7.97. The van der Waals surface area contributed by atoms with Crippen molar-refractivity contribution in [3.63, 3.8) is 0 Å². The fraction of sp³-hybridized carbons (Fsp3) is 0.588. The predicted molar refractivity (Wildman–Crippen MR) is 84.0 cm³/mol. The smallest absolute Gasteiger partial charge is 0.225 e. The van der Waals surface area contributed by atoms with Gasteiger partial charge in [-0.2, -0.15) is 0 Å². The van der Waals surface area contributed by atoms with Crippen LogP contribution in [0.5, 0.6) is 0 Å². The van der Waals surface area contributed by atoms with Crippen molar-refractivity contribution in [1.29, 1.82) is 0 Å². The number of anilines is 2. The van der Waals surface area contributed by atoms with Crippen molar-refractivity contribution in [3.05, 3.63) is 24.3 Å². The highest BCUT2D eigenvalue weighted by atomic mass is 16.2. The van der Waals surface area contributed by atoms with Gasteiger partial charge in [-0.15, -0.1) is 0 Å². The highest BCUT2D eigenvalue weighted by molar-refractivity contribution is 5.80. The molecule has 0 spiro atoms. The summed E-state index contributed by atoms with van der Waals surface area (Å²) in [6.45, 7) is 3.44. The molecule has 2 aliphatic carbocycles. The Morgan fingerprint density at radius 3 is 2.33 bits per heavy atom. The van der Waals surface area contributed by atoms with E-state index in [1.165, 1.54) is 6.42 Å². The van der Waals surface area contributed by atoms with Crippen LogP contribution in [0.25, 0.3) is 0 Å². The number of benzene rings is 1. The molecule has 0 radical (unpaired) electrons. The fourth-order valence-electron chi connectivity index (χ4n) is 4.12. The maximum atomic E-state index is 12.6. The van der Waals surface area contributed by atoms with E-state index < -0.39 is 0 Å². The summed E-state index contributed by atoms with van der Waals surface area (Å²) in [5, 5.41) is 0. The fourth-order valence-corrected chi connectivity index (χ4v) is 4.12. The van der Waals surface area contributed by atoms with Crippen LogP contribution in [-0.2, 0) is 4.79 Å². The number of nitrogens with zero attached hydrogens (tertiary/aromatic N) is 2. The Kier molecular flexibility index (Phi) is 3.05. The van der Waals surface area contributed by atoms with E-state index >= 15 is 0 Å². The number of amides is 1. The van der Waals surface area contributed by atoms with Crippen molar-refractivity contribution < 1.29 is 4.79 Å². The summed E-state index contributed by atoms with van der Waals surface area (Å²) in [6, 6.07) is 7.99. The van der Waals surface area contributed by atoms with E-state index in [1.807, 2.05) is 18.2 Å². The van der Waals surface area contributed by atoms with Gasteiger partial charge in [-0.05, 0) is 43.2 Å². The van der Waals surface area contributed by atoms with E-state index in [1.54, 1.807) is 0 Å². The van der Waals surface area contributed by atoms with E-state index in [-0.39, 0.29) is 0 Å². The first kappa shape index (κ1) is 13.0. The first-order valence-electron chi connectivity index (χ1n) is 8.10. The number of hydrogen-bond acceptors (Lipinski definition) is 3. The average molecular weight is 285 g/mol. The third-order valence-electron chi connectivity index (χ3n) is 5.46. The number of fused-ring (bicyclic) bond motifs is 1. The first-order valence-corrected chi connectivity index (χ1v) is 8.10. The number of carbonyl (C=O) groups excluding carboxylic acids is 1. The Hall–Kier alpha value is -1.71. The van der Waals surface area contributed by atoms with Crippen molar-refractivity contribution >= 4 is 17.3 Å². The molecule has 112 valence electrons. The van der Waals surface area contributed by atoms with Gasteiger partial charge >= 0.3 is 0 Å². The van der Waals surface area contributed by atoms with E-state index in [0.717, 1.165) is 62.2 Å². The molecule has 1 heterocycles. The molecule has 1 aromatic rings. The second-order valence-corrected chi connectivity index (χ2v) is 6.80. The lowest BCUT2D eigenvalue weighted by Crippen LogP contribution is -2.50. The van der Waals surface area contributed by atoms with Gasteiger partial charge in [0, 0.05) is 32.1 Å². The number of nitrogen functional groups attached to an aromatic ring is 1. The van der Waals surface area contributed by atoms with Crippen LogP contribution >= 0.6 is 0 Å². The highest BCUT2D eigenvalue weighted by Crippen LogP contribution is 2.54. The van der Waals surface area contributed by atoms with Crippen molar-refractivity contribution in [2.24, 2.45) is 17.8 Å². The molecule has 1 aromatic carbocycles. The molecular formula is C17H23N3O. The summed E-state index contributed by atoms with van der Waals surface area (Å²) in [4.78, 5) is 16.9. The van der Waals surface area contributed by atoms with E-state index in [2.05, 4.69) is 15.9 Å². The molecule has 1 aliphatic heterocycles. The zero-order chi connectivity index (χ0) is 14.4. The zero-order valence-electron chi connectivity index (χ0n) is 12.4. The maximum Gasteiger partial charge on any atom is 0.225 e. The van der Waals surface area contributed by atoms with Crippen molar-refractivity contribution in [2.45, 2.75) is 19.3 Å². The molecule has 4 nitrogen and oxygen atoms in total. The van der Waals surface area contributed by atoms with Gasteiger partial charge in [0.05, 0.1) is 11.4 Å². The number of piperazine rings is 1. The number of rotatable bonds is 2. The summed E-state index contributed by atoms with van der Waals surface area (Å²) in [7, 11) is 0. The van der Waals surface area contributed by atoms with Gasteiger partial charge in [0.1, 0.15) is 0 Å². The van der Waals surface area contributed by atoms with Gasteiger partial charge in [-0.3, -0.25) is 4.79 Å². The zero-order valence-corrected chi connectivity index (χ0v) is 12.4. The Balaban J connectivity index is 1.36. The van der Waals surface area contributed by atoms with Gasteiger partial charge in [-0.1, -0.05) is 12.1 Å². The SMILES string of the molecule is Nc1ccccc1N1CCN(C(=O)C2CC3CC3C2)CC1. The second kappa shape index (κ2) is 4.93. The van der Waals surface area contributed by atoms with Crippen LogP contribution in [0.2, 0.25) is 0 Å². The topological polar surface area (TPSA) is 49.6 Å². The number of para-hydroxylation sites is 2. The van der Waals surface area contributed by atoms with Gasteiger partial charge in [0.25, 0.3) is 0 Å². The Labute approximate surface area is 125 Å². The van der Waals surface area contributed by atoms with Crippen LogP contribution in [0.3, 0.4) is 0 Å². The molecule has 4 rings (SSSR count). The molecule has 2 N–H and O–H groups in total. The lowest BCUT2D eigenvalue weighted by Gasteiger charge is -2.37. The largest absolute Gasteiger partial charge is 0.397 e. The lowest BCUT2D eigenvalue weighted by atomic mass is 10.0. The molecule has 0 aromatic heterocycles. The molecule has 1 saturated heterocycles. The molecule has 2 atom stereocenters. The standard InChI is InChI=1S/C17H23N3O/c18-15-3-1-2-4-16(15)19-5-7-20(8-6-19)17(21)14-10-12-9-13(12)11-14/h1-4,12-14H,5-11,18H2. The maximum absolute atomic E-state index is 12.6. The molecular weight excluding hydrogens is 262 g/mol. The molecule has 4 heteroatoms. The van der Waals surface area contributed by atoms with E-state index in [4.69, 9.17) is 5.73 Å². The monoisotopic (exact) mass is 285 g/mol. The summed E-state index contributed by atoms with van der Waals surface area (Å²) in [5.74, 6) is 2.48. The molecule has 0 bridgehead atoms. The van der Waals surface area contributed by atoms with Crippen LogP contribution in [0, 0.1) is 17.8 Å². The third kappa shape index (κ3) is 2.37. The Morgan fingerprint density at radius 2 is 1.67 bits per heavy atom. The number of hydrogen-bond donors (Lipinski definition) is 1. The normalized spacial score (nSPS) is 31.1. The van der Waals surface area contributed by atoms with Gasteiger partial charge in [0.15, 0.2) is 0 Å². The van der Waals surface area contributed by atoms with Gasteiger partial charge in [-0.25, -0.2) is 0 Å². The predicted octanol–water partition coefficient (Wildman–Crippen LogP) is 1.96. The van der Waals surface area contributed by atoms with Crippen molar-refractivity contribution in [3.8, 4) is 0 Å². The Morgan fingerprint density at radius 1 is 1.00 bits per heavy atom. The quantitative estimate of drug-likeness (QED) is 0.845. The molecule has 3 aliphatic rings. The first-order chi connectivity index (χ1) is 10.2. The average Bonchev–Trinajstić information content (AvgIpc) is 3.13. The summed E-state index contributed by atoms with van der Waals surface area (Å²) in [6.07, 6.45) is 3.68. The molecule has 21 heavy (non-hydrogen) atoms. The second-order valence-electron chi connectivity index (χ2n) is 6.80. The van der Waals surface area contributed by atoms with Crippen LogP contribution in [-0.4, -0.2) is 37.0 Å². The highest BCUT2D eigenvalue weighted by Gasteiger charge is 2.48. The van der Waals surface area contributed by atoms with Crippen LogP contribution in [0.4, 0.5) is 11.4 Å².